The normalized spacial score (nSPS) is 22.5. The van der Waals surface area contributed by atoms with Crippen LogP contribution in [-0.2, 0) is 0 Å². The largest absolute Gasteiger partial charge is 0.285 e. The highest BCUT2D eigenvalue weighted by Crippen LogP contribution is 2.29. The second-order valence-corrected chi connectivity index (χ2v) is 4.16. The van der Waals surface area contributed by atoms with E-state index < -0.39 is 0 Å². The van der Waals surface area contributed by atoms with Crippen molar-refractivity contribution in [2.75, 3.05) is 0 Å². The van der Waals surface area contributed by atoms with Crippen LogP contribution in [0.2, 0.25) is 0 Å². The molecule has 1 heteroatoms. The van der Waals surface area contributed by atoms with Gasteiger partial charge in [-0.15, -0.1) is 0 Å². The Morgan fingerprint density at radius 1 is 1.29 bits per heavy atom. The van der Waals surface area contributed by atoms with E-state index in [1.165, 1.54) is 32.1 Å². The quantitative estimate of drug-likeness (QED) is 0.605. The first-order valence-electron chi connectivity index (χ1n) is 6.06. The van der Waals surface area contributed by atoms with Gasteiger partial charge in [-0.05, 0) is 36.8 Å². The zero-order valence-electron chi connectivity index (χ0n) is 9.79. The highest BCUT2D eigenvalue weighted by atomic mass is 14.8. The van der Waals surface area contributed by atoms with Crippen molar-refractivity contribution < 1.29 is 0 Å². The van der Waals surface area contributed by atoms with E-state index in [-0.39, 0.29) is 0 Å². The minimum Gasteiger partial charge on any atom is -0.285 e. The van der Waals surface area contributed by atoms with Crippen LogP contribution in [0, 0.1) is 5.92 Å². The summed E-state index contributed by atoms with van der Waals surface area (Å²) in [6.45, 7) is 6.81. The van der Waals surface area contributed by atoms with E-state index in [1.807, 2.05) is 6.21 Å². The molecule has 1 rings (SSSR count). The molecule has 80 valence electrons. The maximum absolute atomic E-state index is 4.54. The van der Waals surface area contributed by atoms with E-state index in [1.54, 1.807) is 5.57 Å². The topological polar surface area (TPSA) is 12.4 Å². The molecule has 0 aromatic heterocycles. The van der Waals surface area contributed by atoms with Crippen molar-refractivity contribution in [2.24, 2.45) is 10.9 Å². The van der Waals surface area contributed by atoms with E-state index in [9.17, 15) is 0 Å². The number of rotatable bonds is 6. The molecule has 0 saturated heterocycles. The average Bonchev–Trinajstić information content (AvgIpc) is 2.63. The summed E-state index contributed by atoms with van der Waals surface area (Å²) in [7, 11) is 0. The lowest BCUT2D eigenvalue weighted by molar-refractivity contribution is 0.491. The van der Waals surface area contributed by atoms with Gasteiger partial charge < -0.3 is 0 Å². The minimum absolute atomic E-state index is 0.511. The Kier molecular flexibility index (Phi) is 4.92. The standard InChI is InChI=1S/C13H23N/c1-4-7-11(6-3)12-9-10-14-13(12)8-5-2/h9-11,13H,4-8H2,1-3H3. The molecule has 0 saturated carbocycles. The molecular weight excluding hydrogens is 170 g/mol. The van der Waals surface area contributed by atoms with Crippen LogP contribution >= 0.6 is 0 Å². The predicted molar refractivity (Wildman–Crippen MR) is 64.0 cm³/mol. The van der Waals surface area contributed by atoms with Crippen molar-refractivity contribution in [1.29, 1.82) is 0 Å². The molecule has 0 amide bonds. The Labute approximate surface area is 88.3 Å². The average molecular weight is 193 g/mol. The molecule has 0 fully saturated rings. The Morgan fingerprint density at radius 2 is 2.07 bits per heavy atom. The van der Waals surface area contributed by atoms with Gasteiger partial charge in [0.05, 0.1) is 6.04 Å². The first-order chi connectivity index (χ1) is 6.83. The first-order valence-corrected chi connectivity index (χ1v) is 6.06. The van der Waals surface area contributed by atoms with Crippen LogP contribution in [0.4, 0.5) is 0 Å². The van der Waals surface area contributed by atoms with Crippen molar-refractivity contribution >= 4 is 6.21 Å². The van der Waals surface area contributed by atoms with Crippen molar-refractivity contribution in [3.05, 3.63) is 11.6 Å². The Morgan fingerprint density at radius 3 is 2.64 bits per heavy atom. The molecule has 0 radical (unpaired) electrons. The van der Waals surface area contributed by atoms with E-state index in [4.69, 9.17) is 0 Å². The smallest absolute Gasteiger partial charge is 0.0715 e. The van der Waals surface area contributed by atoms with Crippen LogP contribution < -0.4 is 0 Å². The first kappa shape index (κ1) is 11.5. The maximum Gasteiger partial charge on any atom is 0.0715 e. The summed E-state index contributed by atoms with van der Waals surface area (Å²) in [5.74, 6) is 0.777. The summed E-state index contributed by atoms with van der Waals surface area (Å²) in [6, 6.07) is 0.511. The molecule has 0 N–H and O–H groups in total. The van der Waals surface area contributed by atoms with Crippen LogP contribution in [0.15, 0.2) is 16.6 Å². The molecule has 2 atom stereocenters. The summed E-state index contributed by atoms with van der Waals surface area (Å²) in [5.41, 5.74) is 1.59. The summed E-state index contributed by atoms with van der Waals surface area (Å²) >= 11 is 0. The molecule has 1 heterocycles. The van der Waals surface area contributed by atoms with Gasteiger partial charge in [-0.1, -0.05) is 33.6 Å². The molecule has 2 unspecified atom stereocenters. The fourth-order valence-corrected chi connectivity index (χ4v) is 2.31. The van der Waals surface area contributed by atoms with Gasteiger partial charge >= 0.3 is 0 Å². The van der Waals surface area contributed by atoms with Crippen LogP contribution in [0.3, 0.4) is 0 Å². The van der Waals surface area contributed by atoms with Crippen molar-refractivity contribution in [1.82, 2.24) is 0 Å². The van der Waals surface area contributed by atoms with Crippen molar-refractivity contribution in [3.8, 4) is 0 Å². The molecular formula is C13H23N. The highest BCUT2D eigenvalue weighted by Gasteiger charge is 2.21. The fraction of sp³-hybridized carbons (Fsp3) is 0.769. The van der Waals surface area contributed by atoms with Crippen LogP contribution in [-0.4, -0.2) is 12.3 Å². The van der Waals surface area contributed by atoms with Gasteiger partial charge in [-0.3, -0.25) is 4.99 Å². The Bertz CT molecular complexity index is 215. The monoisotopic (exact) mass is 193 g/mol. The van der Waals surface area contributed by atoms with Gasteiger partial charge in [0.2, 0.25) is 0 Å². The van der Waals surface area contributed by atoms with Gasteiger partial charge in [-0.25, -0.2) is 0 Å². The fourth-order valence-electron chi connectivity index (χ4n) is 2.31. The molecule has 1 nitrogen and oxygen atoms in total. The number of aliphatic imine (C=N–C) groups is 1. The van der Waals surface area contributed by atoms with Crippen molar-refractivity contribution in [2.45, 2.75) is 58.9 Å². The van der Waals surface area contributed by atoms with E-state index in [0.29, 0.717) is 6.04 Å². The molecule has 14 heavy (non-hydrogen) atoms. The van der Waals surface area contributed by atoms with E-state index >= 15 is 0 Å². The van der Waals surface area contributed by atoms with Gasteiger partial charge in [0.1, 0.15) is 0 Å². The number of hydrogen-bond acceptors (Lipinski definition) is 1. The zero-order valence-corrected chi connectivity index (χ0v) is 9.79. The van der Waals surface area contributed by atoms with Gasteiger partial charge in [-0.2, -0.15) is 0 Å². The predicted octanol–water partition coefficient (Wildman–Crippen LogP) is 3.99. The summed E-state index contributed by atoms with van der Waals surface area (Å²) < 4.78 is 0. The summed E-state index contributed by atoms with van der Waals surface area (Å²) in [5, 5.41) is 0. The third kappa shape index (κ3) is 2.70. The molecule has 0 aromatic carbocycles. The van der Waals surface area contributed by atoms with Gasteiger partial charge in [0.15, 0.2) is 0 Å². The lowest BCUT2D eigenvalue weighted by Gasteiger charge is -2.20. The summed E-state index contributed by atoms with van der Waals surface area (Å²) in [6.07, 6.45) is 10.6. The number of allylic oxidation sites excluding steroid dienone is 1. The third-order valence-electron chi connectivity index (χ3n) is 3.08. The van der Waals surface area contributed by atoms with Gasteiger partial charge in [0.25, 0.3) is 0 Å². The summed E-state index contributed by atoms with van der Waals surface area (Å²) in [4.78, 5) is 4.54. The highest BCUT2D eigenvalue weighted by molar-refractivity contribution is 5.76. The zero-order chi connectivity index (χ0) is 10.4. The van der Waals surface area contributed by atoms with Crippen LogP contribution in [0.5, 0.6) is 0 Å². The minimum atomic E-state index is 0.511. The molecule has 1 aliphatic heterocycles. The van der Waals surface area contributed by atoms with Crippen LogP contribution in [0.1, 0.15) is 52.9 Å². The molecule has 0 spiro atoms. The van der Waals surface area contributed by atoms with Crippen LogP contribution in [0.25, 0.3) is 0 Å². The van der Waals surface area contributed by atoms with Gasteiger partial charge in [0, 0.05) is 6.21 Å². The number of hydrogen-bond donors (Lipinski definition) is 0. The number of nitrogens with zero attached hydrogens (tertiary/aromatic N) is 1. The third-order valence-corrected chi connectivity index (χ3v) is 3.08. The maximum atomic E-state index is 4.54. The van der Waals surface area contributed by atoms with E-state index in [0.717, 1.165) is 5.92 Å². The molecule has 0 aromatic rings. The van der Waals surface area contributed by atoms with E-state index in [2.05, 4.69) is 31.8 Å². The Hall–Kier alpha value is -0.590. The van der Waals surface area contributed by atoms with Crippen molar-refractivity contribution in [3.63, 3.8) is 0 Å². The Balaban J connectivity index is 2.57. The SMILES string of the molecule is CCCC(CC)C1=CC=NC1CCC. The molecule has 0 bridgehead atoms. The second kappa shape index (κ2) is 6.00. The molecule has 0 aliphatic carbocycles. The lowest BCUT2D eigenvalue weighted by Crippen LogP contribution is -2.13. The molecule has 1 aliphatic rings. The lowest BCUT2D eigenvalue weighted by atomic mass is 9.86. The second-order valence-electron chi connectivity index (χ2n) is 4.16.